The van der Waals surface area contributed by atoms with Crippen molar-refractivity contribution in [3.8, 4) is 0 Å². The Bertz CT molecular complexity index is 602. The summed E-state index contributed by atoms with van der Waals surface area (Å²) in [7, 11) is 0. The lowest BCUT2D eigenvalue weighted by molar-refractivity contribution is -0.114. The van der Waals surface area contributed by atoms with Crippen LogP contribution in [-0.2, 0) is 4.79 Å². The molecule has 0 spiro atoms. The van der Waals surface area contributed by atoms with Gasteiger partial charge in [0.1, 0.15) is 0 Å². The predicted molar refractivity (Wildman–Crippen MR) is 73.1 cm³/mol. The average Bonchev–Trinajstić information content (AvgIpc) is 2.79. The van der Waals surface area contributed by atoms with Crippen LogP contribution in [0.3, 0.4) is 0 Å². The molecule has 3 nitrogen and oxygen atoms in total. The van der Waals surface area contributed by atoms with Crippen LogP contribution in [0.2, 0.25) is 5.02 Å². The van der Waals surface area contributed by atoms with E-state index in [-0.39, 0.29) is 5.78 Å². The Morgan fingerprint density at radius 3 is 3.00 bits per heavy atom. The Balaban J connectivity index is 2.15. The Labute approximate surface area is 110 Å². The van der Waals surface area contributed by atoms with Gasteiger partial charge < -0.3 is 11.1 Å². The van der Waals surface area contributed by atoms with Crippen molar-refractivity contribution in [2.75, 3.05) is 12.3 Å². The fourth-order valence-electron chi connectivity index (χ4n) is 2.52. The lowest BCUT2D eigenvalue weighted by atomic mass is 9.90. The monoisotopic (exact) mass is 260 g/mol. The highest BCUT2D eigenvalue weighted by molar-refractivity contribution is 6.31. The molecule has 1 aliphatic carbocycles. The van der Waals surface area contributed by atoms with Gasteiger partial charge in [-0.1, -0.05) is 11.6 Å². The molecule has 1 aromatic carbocycles. The third kappa shape index (κ3) is 1.81. The van der Waals surface area contributed by atoms with Gasteiger partial charge in [0.25, 0.3) is 0 Å². The molecular formula is C14H13ClN2O. The number of ketones is 1. The molecule has 0 aromatic heterocycles. The fourth-order valence-corrected chi connectivity index (χ4v) is 2.69. The molecule has 92 valence electrons. The zero-order valence-electron chi connectivity index (χ0n) is 9.79. The number of allylic oxidation sites excluding steroid dienone is 2. The van der Waals surface area contributed by atoms with Crippen LogP contribution in [0.4, 0.5) is 5.69 Å². The molecule has 3 N–H and O–H groups in total. The number of nitrogen functional groups attached to an aromatic ring is 1. The molecule has 4 heteroatoms. The summed E-state index contributed by atoms with van der Waals surface area (Å²) in [6.07, 6.45) is 3.12. The van der Waals surface area contributed by atoms with Gasteiger partial charge in [-0.05, 0) is 36.3 Å². The number of carbonyl (C=O) groups excluding carboxylic acids is 1. The quantitative estimate of drug-likeness (QED) is 0.763. The van der Waals surface area contributed by atoms with Crippen molar-refractivity contribution in [2.45, 2.75) is 12.8 Å². The topological polar surface area (TPSA) is 55.1 Å². The maximum atomic E-state index is 11.8. The van der Waals surface area contributed by atoms with Crippen LogP contribution < -0.4 is 11.1 Å². The summed E-state index contributed by atoms with van der Waals surface area (Å²) in [5.41, 5.74) is 10.6. The molecule has 18 heavy (non-hydrogen) atoms. The van der Waals surface area contributed by atoms with Crippen LogP contribution in [-0.4, -0.2) is 12.3 Å². The molecule has 1 aromatic rings. The van der Waals surface area contributed by atoms with Crippen molar-refractivity contribution < 1.29 is 4.79 Å². The highest BCUT2D eigenvalue weighted by Gasteiger charge is 2.25. The lowest BCUT2D eigenvalue weighted by Gasteiger charge is -2.18. The molecule has 0 atom stereocenters. The lowest BCUT2D eigenvalue weighted by Crippen LogP contribution is -2.14. The molecule has 1 aliphatic heterocycles. The maximum absolute atomic E-state index is 11.8. The van der Waals surface area contributed by atoms with E-state index >= 15 is 0 Å². The van der Waals surface area contributed by atoms with Crippen molar-refractivity contribution in [3.63, 3.8) is 0 Å². The number of halogens is 1. The molecule has 0 fully saturated rings. The van der Waals surface area contributed by atoms with Crippen molar-refractivity contribution in [1.29, 1.82) is 0 Å². The minimum Gasteiger partial charge on any atom is -0.398 e. The molecule has 0 unspecified atom stereocenters. The average molecular weight is 261 g/mol. The van der Waals surface area contributed by atoms with E-state index < -0.39 is 0 Å². The zero-order chi connectivity index (χ0) is 12.7. The number of hydrogen-bond donors (Lipinski definition) is 2. The summed E-state index contributed by atoms with van der Waals surface area (Å²) in [5.74, 6) is 0.131. The van der Waals surface area contributed by atoms with Gasteiger partial charge in [0.15, 0.2) is 5.78 Å². The summed E-state index contributed by atoms with van der Waals surface area (Å²) in [5, 5.41) is 3.96. The number of rotatable bonds is 1. The summed E-state index contributed by atoms with van der Waals surface area (Å²) < 4.78 is 0. The number of benzene rings is 1. The highest BCUT2D eigenvalue weighted by Crippen LogP contribution is 2.36. The Morgan fingerprint density at radius 2 is 2.17 bits per heavy atom. The van der Waals surface area contributed by atoms with Crippen LogP contribution in [0.5, 0.6) is 0 Å². The number of anilines is 1. The van der Waals surface area contributed by atoms with Crippen LogP contribution in [0.25, 0.3) is 5.57 Å². The second-order valence-corrected chi connectivity index (χ2v) is 5.02. The maximum Gasteiger partial charge on any atom is 0.160 e. The first-order valence-corrected chi connectivity index (χ1v) is 6.29. The van der Waals surface area contributed by atoms with E-state index in [1.54, 1.807) is 18.2 Å². The largest absolute Gasteiger partial charge is 0.398 e. The second kappa shape index (κ2) is 4.18. The van der Waals surface area contributed by atoms with Gasteiger partial charge >= 0.3 is 0 Å². The normalized spacial score (nSPS) is 18.5. The number of nitrogens with two attached hydrogens (primary N) is 1. The minimum atomic E-state index is 0.131. The first-order valence-electron chi connectivity index (χ1n) is 5.91. The van der Waals surface area contributed by atoms with Crippen LogP contribution >= 0.6 is 11.6 Å². The van der Waals surface area contributed by atoms with Gasteiger partial charge in [-0.15, -0.1) is 0 Å². The number of nitrogens with one attached hydrogen (secondary N) is 1. The number of carbonyl (C=O) groups is 1. The van der Waals surface area contributed by atoms with E-state index in [0.717, 1.165) is 29.8 Å². The Kier molecular flexibility index (Phi) is 2.63. The van der Waals surface area contributed by atoms with Crippen molar-refractivity contribution in [1.82, 2.24) is 5.32 Å². The van der Waals surface area contributed by atoms with Crippen molar-refractivity contribution in [2.24, 2.45) is 0 Å². The minimum absolute atomic E-state index is 0.131. The third-order valence-electron chi connectivity index (χ3n) is 3.35. The second-order valence-electron chi connectivity index (χ2n) is 4.59. The summed E-state index contributed by atoms with van der Waals surface area (Å²) >= 11 is 6.01. The summed E-state index contributed by atoms with van der Waals surface area (Å²) in [6.45, 7) is 0.885. The van der Waals surface area contributed by atoms with Gasteiger partial charge in [0.2, 0.25) is 0 Å². The SMILES string of the molecule is Nc1ccc(Cl)cc1C1=CC(=O)CC2=C1NCC2. The molecule has 0 bridgehead atoms. The summed E-state index contributed by atoms with van der Waals surface area (Å²) in [4.78, 5) is 11.8. The van der Waals surface area contributed by atoms with Crippen molar-refractivity contribution in [3.05, 3.63) is 46.1 Å². The van der Waals surface area contributed by atoms with E-state index in [4.69, 9.17) is 17.3 Å². The fraction of sp³-hybridized carbons (Fsp3) is 0.214. The molecule has 3 rings (SSSR count). The third-order valence-corrected chi connectivity index (χ3v) is 3.58. The van der Waals surface area contributed by atoms with Crippen molar-refractivity contribution >= 4 is 28.6 Å². The van der Waals surface area contributed by atoms with E-state index in [0.29, 0.717) is 17.1 Å². The molecule has 0 amide bonds. The van der Waals surface area contributed by atoms with E-state index in [1.165, 1.54) is 5.57 Å². The van der Waals surface area contributed by atoms with E-state index in [2.05, 4.69) is 5.32 Å². The molecule has 2 aliphatic rings. The van der Waals surface area contributed by atoms with Gasteiger partial charge in [-0.2, -0.15) is 0 Å². The van der Waals surface area contributed by atoms with Gasteiger partial charge in [0.05, 0.1) is 0 Å². The summed E-state index contributed by atoms with van der Waals surface area (Å²) in [6, 6.07) is 5.34. The smallest absolute Gasteiger partial charge is 0.160 e. The standard InChI is InChI=1S/C14H13ClN2O/c15-9-1-2-13(16)11(6-9)12-7-10(18)5-8-3-4-17-14(8)12/h1-2,6-7,17H,3-5,16H2. The van der Waals surface area contributed by atoms with Crippen LogP contribution in [0.1, 0.15) is 18.4 Å². The first kappa shape index (κ1) is 11.4. The Morgan fingerprint density at radius 1 is 1.33 bits per heavy atom. The van der Waals surface area contributed by atoms with Crippen LogP contribution in [0.15, 0.2) is 35.5 Å². The van der Waals surface area contributed by atoms with Crippen LogP contribution in [0, 0.1) is 0 Å². The Hall–Kier alpha value is -1.74. The molecule has 0 saturated heterocycles. The van der Waals surface area contributed by atoms with Gasteiger partial charge in [-0.25, -0.2) is 0 Å². The van der Waals surface area contributed by atoms with E-state index in [1.807, 2.05) is 6.07 Å². The molecular weight excluding hydrogens is 248 g/mol. The predicted octanol–water partition coefficient (Wildman–Crippen LogP) is 2.53. The van der Waals surface area contributed by atoms with Gasteiger partial charge in [0, 0.05) is 40.5 Å². The molecule has 0 saturated carbocycles. The molecule has 1 heterocycles. The highest BCUT2D eigenvalue weighted by atomic mass is 35.5. The molecule has 0 radical (unpaired) electrons. The van der Waals surface area contributed by atoms with E-state index in [9.17, 15) is 4.79 Å². The van der Waals surface area contributed by atoms with Gasteiger partial charge in [-0.3, -0.25) is 4.79 Å². The number of hydrogen-bond acceptors (Lipinski definition) is 3. The zero-order valence-corrected chi connectivity index (χ0v) is 10.6. The first-order chi connectivity index (χ1) is 8.65.